The predicted octanol–water partition coefficient (Wildman–Crippen LogP) is 6.75. The summed E-state index contributed by atoms with van der Waals surface area (Å²) < 4.78 is 0. The molecule has 0 saturated heterocycles. The zero-order valence-corrected chi connectivity index (χ0v) is 24.0. The van der Waals surface area contributed by atoms with E-state index in [2.05, 4.69) is 94.6 Å². The van der Waals surface area contributed by atoms with Crippen LogP contribution in [0, 0.1) is 17.8 Å². The number of pyridine rings is 2. The fraction of sp³-hybridized carbons (Fsp3) is 0.312. The Morgan fingerprint density at radius 3 is 2.73 bits per heavy atom. The maximum Gasteiger partial charge on any atom is 0.0950 e. The molecule has 8 heteroatoms. The second-order valence-electron chi connectivity index (χ2n) is 12.1. The van der Waals surface area contributed by atoms with Gasteiger partial charge in [0.15, 0.2) is 0 Å². The molecule has 0 radical (unpaired) electrons. The van der Waals surface area contributed by atoms with Crippen molar-refractivity contribution in [2.75, 3.05) is 17.2 Å². The average molecular weight is 552 g/mol. The van der Waals surface area contributed by atoms with E-state index in [4.69, 9.17) is 18.0 Å². The number of nitrogens with one attached hydrogen (secondary N) is 4. The van der Waals surface area contributed by atoms with Crippen LogP contribution in [-0.4, -0.2) is 27.1 Å². The highest BCUT2D eigenvalue weighted by atomic mass is 35.5. The number of benzene rings is 2. The standard InChI is InChI=1S/C32H34ClN7/c1-6-20-17-35-29-24(28(20)36-19-31(2,3)4)15-21(16-25(29)33)37-30(27-18-40(39-38-27)32(5)12-13-32)23-9-7-11-26-22(23)10-8-14-34-26/h1,7-11,14-18,30,37-39H,12-13,19H2,2-5H3,(H,35,36)/t30-/m0/s1. The molecule has 2 aromatic heterocycles. The lowest BCUT2D eigenvalue weighted by Crippen LogP contribution is -2.43. The molecule has 0 spiro atoms. The number of halogens is 1. The number of rotatable bonds is 7. The highest BCUT2D eigenvalue weighted by Crippen LogP contribution is 2.43. The van der Waals surface area contributed by atoms with E-state index in [1.807, 2.05) is 30.5 Å². The number of nitrogens with zero attached hydrogens (tertiary/aromatic N) is 3. The summed E-state index contributed by atoms with van der Waals surface area (Å²) in [7, 11) is 0. The summed E-state index contributed by atoms with van der Waals surface area (Å²) in [6, 6.07) is 14.1. The van der Waals surface area contributed by atoms with Gasteiger partial charge in [-0.15, -0.1) is 12.0 Å². The Bertz CT molecular complexity index is 1670. The molecule has 6 rings (SSSR count). The topological polar surface area (TPSA) is 77.1 Å². The summed E-state index contributed by atoms with van der Waals surface area (Å²) in [5, 5.41) is 12.0. The molecule has 1 fully saturated rings. The van der Waals surface area contributed by atoms with Crippen molar-refractivity contribution < 1.29 is 0 Å². The van der Waals surface area contributed by atoms with E-state index in [1.165, 1.54) is 0 Å². The van der Waals surface area contributed by atoms with E-state index >= 15 is 0 Å². The number of aromatic nitrogens is 2. The summed E-state index contributed by atoms with van der Waals surface area (Å²) in [6.07, 6.45) is 13.9. The first-order valence-corrected chi connectivity index (χ1v) is 14.0. The smallest absolute Gasteiger partial charge is 0.0950 e. The molecule has 3 heterocycles. The monoisotopic (exact) mass is 551 g/mol. The van der Waals surface area contributed by atoms with Gasteiger partial charge in [0.1, 0.15) is 0 Å². The summed E-state index contributed by atoms with van der Waals surface area (Å²) in [6.45, 7) is 9.56. The Kier molecular flexibility index (Phi) is 6.48. The minimum atomic E-state index is -0.212. The van der Waals surface area contributed by atoms with Gasteiger partial charge in [0, 0.05) is 41.6 Å². The van der Waals surface area contributed by atoms with E-state index in [9.17, 15) is 0 Å². The molecule has 204 valence electrons. The van der Waals surface area contributed by atoms with Gasteiger partial charge in [-0.05, 0) is 55.0 Å². The third-order valence-corrected chi connectivity index (χ3v) is 7.92. The maximum absolute atomic E-state index is 6.85. The molecule has 1 atom stereocenters. The van der Waals surface area contributed by atoms with Crippen molar-refractivity contribution in [3.05, 3.63) is 82.9 Å². The van der Waals surface area contributed by atoms with E-state index in [0.717, 1.165) is 58.3 Å². The highest BCUT2D eigenvalue weighted by Gasteiger charge is 2.44. The van der Waals surface area contributed by atoms with Crippen LogP contribution in [0.5, 0.6) is 0 Å². The van der Waals surface area contributed by atoms with Gasteiger partial charge in [0.2, 0.25) is 0 Å². The molecular weight excluding hydrogens is 518 g/mol. The normalized spacial score (nSPS) is 16.8. The number of hydrogen-bond acceptors (Lipinski definition) is 7. The molecule has 4 aromatic rings. The molecule has 0 amide bonds. The van der Waals surface area contributed by atoms with Crippen LogP contribution in [0.15, 0.2) is 66.8 Å². The van der Waals surface area contributed by atoms with Gasteiger partial charge in [-0.3, -0.25) is 15.0 Å². The molecule has 2 aliphatic rings. The first-order chi connectivity index (χ1) is 19.1. The van der Waals surface area contributed by atoms with Gasteiger partial charge in [0.25, 0.3) is 0 Å². The van der Waals surface area contributed by atoms with Gasteiger partial charge >= 0.3 is 0 Å². The first-order valence-electron chi connectivity index (χ1n) is 13.6. The van der Waals surface area contributed by atoms with Crippen molar-refractivity contribution >= 4 is 44.8 Å². The lowest BCUT2D eigenvalue weighted by Gasteiger charge is -2.24. The molecule has 0 unspecified atom stereocenters. The van der Waals surface area contributed by atoms with E-state index in [-0.39, 0.29) is 17.0 Å². The fourth-order valence-corrected chi connectivity index (χ4v) is 5.32. The zero-order valence-electron chi connectivity index (χ0n) is 23.3. The van der Waals surface area contributed by atoms with Crippen molar-refractivity contribution in [3.8, 4) is 12.3 Å². The molecule has 0 bridgehead atoms. The number of anilines is 2. The van der Waals surface area contributed by atoms with Crippen molar-refractivity contribution in [1.29, 1.82) is 0 Å². The van der Waals surface area contributed by atoms with Crippen molar-refractivity contribution in [2.24, 2.45) is 5.41 Å². The van der Waals surface area contributed by atoms with Crippen LogP contribution in [0.2, 0.25) is 5.02 Å². The highest BCUT2D eigenvalue weighted by molar-refractivity contribution is 6.35. The molecule has 1 saturated carbocycles. The van der Waals surface area contributed by atoms with Gasteiger partial charge < -0.3 is 16.1 Å². The Hall–Kier alpha value is -3.99. The lowest BCUT2D eigenvalue weighted by atomic mass is 9.96. The minimum Gasteiger partial charge on any atom is -0.383 e. The first kappa shape index (κ1) is 26.2. The maximum atomic E-state index is 6.85. The largest absolute Gasteiger partial charge is 0.383 e. The third kappa shape index (κ3) is 5.01. The third-order valence-electron chi connectivity index (χ3n) is 7.63. The Balaban J connectivity index is 1.46. The predicted molar refractivity (Wildman–Crippen MR) is 165 cm³/mol. The van der Waals surface area contributed by atoms with Gasteiger partial charge in [0.05, 0.1) is 44.6 Å². The van der Waals surface area contributed by atoms with Crippen LogP contribution in [0.4, 0.5) is 11.4 Å². The van der Waals surface area contributed by atoms with Crippen LogP contribution < -0.4 is 21.6 Å². The van der Waals surface area contributed by atoms with Crippen LogP contribution in [0.3, 0.4) is 0 Å². The number of hydrazine groups is 2. The van der Waals surface area contributed by atoms with Crippen LogP contribution in [0.1, 0.15) is 57.7 Å². The number of terminal acetylenes is 1. The van der Waals surface area contributed by atoms with Crippen molar-refractivity contribution in [3.63, 3.8) is 0 Å². The van der Waals surface area contributed by atoms with Crippen LogP contribution >= 0.6 is 11.6 Å². The summed E-state index contributed by atoms with van der Waals surface area (Å²) >= 11 is 6.85. The summed E-state index contributed by atoms with van der Waals surface area (Å²) in [5.41, 5.74) is 13.2. The lowest BCUT2D eigenvalue weighted by molar-refractivity contribution is 0.190. The Morgan fingerprint density at radius 1 is 1.15 bits per heavy atom. The fourth-order valence-electron chi connectivity index (χ4n) is 5.05. The molecule has 40 heavy (non-hydrogen) atoms. The number of fused-ring (bicyclic) bond motifs is 2. The van der Waals surface area contributed by atoms with Crippen molar-refractivity contribution in [2.45, 2.75) is 52.1 Å². The number of hydrogen-bond donors (Lipinski definition) is 4. The van der Waals surface area contributed by atoms with Gasteiger partial charge in [-0.25, -0.2) is 0 Å². The Morgan fingerprint density at radius 2 is 1.98 bits per heavy atom. The summed E-state index contributed by atoms with van der Waals surface area (Å²) in [4.78, 5) is 9.20. The van der Waals surface area contributed by atoms with Crippen LogP contribution in [0.25, 0.3) is 21.8 Å². The molecule has 4 N–H and O–H groups in total. The molecule has 2 aromatic carbocycles. The Labute approximate surface area is 240 Å². The van der Waals surface area contributed by atoms with E-state index < -0.39 is 0 Å². The van der Waals surface area contributed by atoms with Gasteiger partial charge in [-0.2, -0.15) is 0 Å². The second kappa shape index (κ2) is 9.88. The zero-order chi connectivity index (χ0) is 28.1. The molecule has 1 aliphatic heterocycles. The summed E-state index contributed by atoms with van der Waals surface area (Å²) in [5.74, 6) is 2.79. The quantitative estimate of drug-likeness (QED) is 0.189. The van der Waals surface area contributed by atoms with Gasteiger partial charge in [-0.1, -0.05) is 56.5 Å². The minimum absolute atomic E-state index is 0.0618. The average Bonchev–Trinajstić information content (AvgIpc) is 3.48. The molecule has 7 nitrogen and oxygen atoms in total. The molecular formula is C32H34ClN7. The molecule has 1 aliphatic carbocycles. The SMILES string of the molecule is C#Cc1cnc2c(Cl)cc(N[C@H](C3=CN(C4(C)CC4)NN3)c3cccc4ncccc34)cc2c1NCC(C)(C)C. The van der Waals surface area contributed by atoms with E-state index in [0.29, 0.717) is 16.1 Å². The van der Waals surface area contributed by atoms with Crippen LogP contribution in [-0.2, 0) is 0 Å². The van der Waals surface area contributed by atoms with E-state index in [1.54, 1.807) is 6.20 Å². The van der Waals surface area contributed by atoms with Crippen molar-refractivity contribution in [1.82, 2.24) is 25.9 Å². The second-order valence-corrected chi connectivity index (χ2v) is 12.5.